The van der Waals surface area contributed by atoms with Crippen LogP contribution < -0.4 is 10.9 Å². The van der Waals surface area contributed by atoms with Gasteiger partial charge in [-0.25, -0.2) is 32.7 Å². The second-order valence-corrected chi connectivity index (χ2v) is 6.03. The molecule has 0 spiro atoms. The van der Waals surface area contributed by atoms with Crippen molar-refractivity contribution in [3.8, 4) is 0 Å². The number of aromatic nitrogens is 2. The van der Waals surface area contributed by atoms with E-state index in [9.17, 15) is 22.8 Å². The molecule has 0 aliphatic heterocycles. The van der Waals surface area contributed by atoms with E-state index in [1.165, 1.54) is 18.2 Å². The largest absolute Gasteiger partial charge is 0.462 e. The zero-order valence-electron chi connectivity index (χ0n) is 15.4. The van der Waals surface area contributed by atoms with Crippen molar-refractivity contribution in [2.75, 3.05) is 11.9 Å². The van der Waals surface area contributed by atoms with Crippen molar-refractivity contribution in [3.63, 3.8) is 0 Å². The van der Waals surface area contributed by atoms with Crippen LogP contribution >= 0.6 is 0 Å². The maximum Gasteiger partial charge on any atom is 0.352 e. The number of ether oxygens (including phenoxy) is 1. The van der Waals surface area contributed by atoms with Gasteiger partial charge in [-0.1, -0.05) is 18.2 Å². The molecule has 7 nitrogen and oxygen atoms in total. The van der Waals surface area contributed by atoms with E-state index in [0.717, 1.165) is 12.4 Å². The number of carbonyl (C=O) groups excluding carboxylic acids is 1. The number of rotatable bonds is 6. The second-order valence-electron chi connectivity index (χ2n) is 6.03. The Morgan fingerprint density at radius 1 is 1.28 bits per heavy atom. The van der Waals surface area contributed by atoms with Gasteiger partial charge in [0.2, 0.25) is 5.71 Å². The van der Waals surface area contributed by atoms with Crippen molar-refractivity contribution >= 4 is 22.9 Å². The molecule has 0 saturated heterocycles. The SMILES string of the molecule is CCOC(=O)c1cc2c(N[C@H](C)c3cccc(C(F)F)c3F)ncnc2oc1=O. The molecular formula is C19H16F3N3O4. The Bertz CT molecular complexity index is 1120. The van der Waals surface area contributed by atoms with Crippen molar-refractivity contribution in [2.24, 2.45) is 0 Å². The van der Waals surface area contributed by atoms with Crippen LogP contribution in [-0.4, -0.2) is 22.5 Å². The van der Waals surface area contributed by atoms with Gasteiger partial charge in [-0.2, -0.15) is 0 Å². The van der Waals surface area contributed by atoms with Crippen LogP contribution in [-0.2, 0) is 4.74 Å². The molecule has 2 aromatic heterocycles. The number of hydrogen-bond acceptors (Lipinski definition) is 7. The van der Waals surface area contributed by atoms with E-state index in [4.69, 9.17) is 9.15 Å². The maximum atomic E-state index is 14.4. The molecule has 10 heteroatoms. The highest BCUT2D eigenvalue weighted by molar-refractivity contribution is 5.95. The van der Waals surface area contributed by atoms with Gasteiger partial charge in [0.05, 0.1) is 23.6 Å². The third-order valence-corrected chi connectivity index (χ3v) is 4.15. The lowest BCUT2D eigenvalue weighted by molar-refractivity contribution is 0.0521. The molecule has 0 unspecified atom stereocenters. The van der Waals surface area contributed by atoms with Crippen LogP contribution in [0.25, 0.3) is 11.1 Å². The van der Waals surface area contributed by atoms with Gasteiger partial charge in [0.1, 0.15) is 23.5 Å². The second kappa shape index (κ2) is 8.29. The number of alkyl halides is 2. The highest BCUT2D eigenvalue weighted by Gasteiger charge is 2.21. The Morgan fingerprint density at radius 2 is 2.00 bits per heavy atom. The quantitative estimate of drug-likeness (QED) is 0.617. The van der Waals surface area contributed by atoms with E-state index in [2.05, 4.69) is 15.3 Å². The first-order valence-electron chi connectivity index (χ1n) is 8.62. The summed E-state index contributed by atoms with van der Waals surface area (Å²) in [6.07, 6.45) is -1.85. The lowest BCUT2D eigenvalue weighted by Crippen LogP contribution is -2.17. The smallest absolute Gasteiger partial charge is 0.352 e. The first-order valence-corrected chi connectivity index (χ1v) is 8.62. The maximum absolute atomic E-state index is 14.4. The highest BCUT2D eigenvalue weighted by atomic mass is 19.3. The van der Waals surface area contributed by atoms with Crippen LogP contribution in [0.4, 0.5) is 19.0 Å². The van der Waals surface area contributed by atoms with Crippen molar-refractivity contribution in [2.45, 2.75) is 26.3 Å². The number of esters is 1. The molecule has 0 aliphatic rings. The van der Waals surface area contributed by atoms with E-state index in [1.807, 2.05) is 0 Å². The molecule has 0 radical (unpaired) electrons. The van der Waals surface area contributed by atoms with Crippen molar-refractivity contribution in [1.82, 2.24) is 9.97 Å². The molecule has 0 saturated carbocycles. The van der Waals surface area contributed by atoms with Gasteiger partial charge in [-0.15, -0.1) is 0 Å². The van der Waals surface area contributed by atoms with Gasteiger partial charge in [0, 0.05) is 5.56 Å². The van der Waals surface area contributed by atoms with Crippen LogP contribution in [0.15, 0.2) is 39.8 Å². The first kappa shape index (κ1) is 20.3. The Kier molecular flexibility index (Phi) is 5.81. The summed E-state index contributed by atoms with van der Waals surface area (Å²) < 4.78 is 50.2. The van der Waals surface area contributed by atoms with Crippen LogP contribution in [0.5, 0.6) is 0 Å². The minimum Gasteiger partial charge on any atom is -0.462 e. The molecule has 0 bridgehead atoms. The Labute approximate surface area is 162 Å². The van der Waals surface area contributed by atoms with Gasteiger partial charge in [-0.3, -0.25) is 0 Å². The predicted molar refractivity (Wildman–Crippen MR) is 97.4 cm³/mol. The molecule has 3 aromatic rings. The molecule has 29 heavy (non-hydrogen) atoms. The third kappa shape index (κ3) is 4.05. The minimum absolute atomic E-state index is 0.00226. The van der Waals surface area contributed by atoms with E-state index >= 15 is 0 Å². The van der Waals surface area contributed by atoms with Crippen LogP contribution in [0, 0.1) is 5.82 Å². The summed E-state index contributed by atoms with van der Waals surface area (Å²) >= 11 is 0. The topological polar surface area (TPSA) is 94.3 Å². The molecule has 152 valence electrons. The van der Waals surface area contributed by atoms with Gasteiger partial charge >= 0.3 is 11.6 Å². The number of fused-ring (bicyclic) bond motifs is 1. The molecule has 3 rings (SSSR count). The zero-order chi connectivity index (χ0) is 21.1. The highest BCUT2D eigenvalue weighted by Crippen LogP contribution is 2.30. The zero-order valence-corrected chi connectivity index (χ0v) is 15.4. The number of halogens is 3. The number of nitrogens with zero attached hydrogens (tertiary/aromatic N) is 2. The average Bonchev–Trinajstić information content (AvgIpc) is 2.67. The van der Waals surface area contributed by atoms with E-state index in [-0.39, 0.29) is 34.7 Å². The summed E-state index contributed by atoms with van der Waals surface area (Å²) in [5, 5.41) is 3.05. The summed E-state index contributed by atoms with van der Waals surface area (Å²) in [7, 11) is 0. The fraction of sp³-hybridized carbons (Fsp3) is 0.263. The third-order valence-electron chi connectivity index (χ3n) is 4.15. The summed E-state index contributed by atoms with van der Waals surface area (Å²) in [5.74, 6) is -1.78. The molecule has 0 amide bonds. The Morgan fingerprint density at radius 3 is 2.69 bits per heavy atom. The van der Waals surface area contributed by atoms with Crippen molar-refractivity contribution < 1.29 is 27.1 Å². The van der Waals surface area contributed by atoms with Crippen molar-refractivity contribution in [3.05, 3.63) is 63.5 Å². The normalized spacial score (nSPS) is 12.2. The standard InChI is InChI=1S/C19H16F3N3O4/c1-3-28-18(26)13-7-12-16(23-8-24-17(12)29-19(13)27)25-9(2)10-5-4-6-11(14(10)20)15(21)22/h4-9,15H,3H2,1-2H3,(H,23,24,25)/t9-/m1/s1. The summed E-state index contributed by atoms with van der Waals surface area (Å²) in [6.45, 7) is 3.19. The fourth-order valence-corrected chi connectivity index (χ4v) is 2.76. The summed E-state index contributed by atoms with van der Waals surface area (Å²) in [4.78, 5) is 31.8. The lowest BCUT2D eigenvalue weighted by Gasteiger charge is -2.18. The molecular weight excluding hydrogens is 391 g/mol. The molecule has 1 atom stereocenters. The van der Waals surface area contributed by atoms with E-state index < -0.39 is 35.4 Å². The average molecular weight is 407 g/mol. The molecule has 0 aliphatic carbocycles. The number of nitrogens with one attached hydrogen (secondary N) is 1. The van der Waals surface area contributed by atoms with Crippen LogP contribution in [0.3, 0.4) is 0 Å². The Balaban J connectivity index is 2.02. The number of carbonyl (C=O) groups is 1. The first-order chi connectivity index (χ1) is 13.8. The van der Waals surface area contributed by atoms with Crippen LogP contribution in [0.1, 0.15) is 47.8 Å². The van der Waals surface area contributed by atoms with Gasteiger partial charge in [0.15, 0.2) is 0 Å². The number of benzene rings is 1. The molecule has 0 fully saturated rings. The van der Waals surface area contributed by atoms with Gasteiger partial charge < -0.3 is 14.5 Å². The van der Waals surface area contributed by atoms with E-state index in [0.29, 0.717) is 0 Å². The van der Waals surface area contributed by atoms with E-state index in [1.54, 1.807) is 13.8 Å². The molecule has 1 aromatic carbocycles. The van der Waals surface area contributed by atoms with Gasteiger partial charge in [0.25, 0.3) is 6.43 Å². The molecule has 2 heterocycles. The molecule has 1 N–H and O–H groups in total. The Hall–Kier alpha value is -3.43. The van der Waals surface area contributed by atoms with Gasteiger partial charge in [-0.05, 0) is 19.9 Å². The van der Waals surface area contributed by atoms with Crippen LogP contribution in [0.2, 0.25) is 0 Å². The summed E-state index contributed by atoms with van der Waals surface area (Å²) in [5.41, 5.74) is -2.09. The number of anilines is 1. The monoisotopic (exact) mass is 407 g/mol. The van der Waals surface area contributed by atoms with Crippen molar-refractivity contribution in [1.29, 1.82) is 0 Å². The predicted octanol–water partition coefficient (Wildman–Crippen LogP) is 4.01. The fourth-order valence-electron chi connectivity index (χ4n) is 2.76. The lowest BCUT2D eigenvalue weighted by atomic mass is 10.0. The minimum atomic E-state index is -2.96. The summed E-state index contributed by atoms with van der Waals surface area (Å²) in [6, 6.07) is 4.14. The number of hydrogen-bond donors (Lipinski definition) is 1.